The number of urea groups is 1. The van der Waals surface area contributed by atoms with Crippen LogP contribution in [0.1, 0.15) is 50.2 Å². The average Bonchev–Trinajstić information content (AvgIpc) is 2.98. The van der Waals surface area contributed by atoms with Gasteiger partial charge in [0.05, 0.1) is 36.6 Å². The van der Waals surface area contributed by atoms with E-state index < -0.39 is 17.7 Å². The fourth-order valence-electron chi connectivity index (χ4n) is 3.25. The zero-order valence-electron chi connectivity index (χ0n) is 16.4. The maximum Gasteiger partial charge on any atom is 0.322 e. The Balaban J connectivity index is 1.79. The number of nitrogens with zero attached hydrogens (tertiary/aromatic N) is 3. The van der Waals surface area contributed by atoms with Crippen LogP contribution in [0.5, 0.6) is 0 Å². The first-order chi connectivity index (χ1) is 13.0. The molecule has 0 saturated carbocycles. The van der Waals surface area contributed by atoms with E-state index in [2.05, 4.69) is 10.4 Å². The molecule has 2 amide bonds. The first-order valence-corrected chi connectivity index (χ1v) is 9.16. The molecule has 8 heteroatoms. The SMILES string of the molecule is C[C@H]1Cn2ncc(C(=O)CC(C)(C)C)c2CN1C(=O)Nc1ccc(F)c(F)c1. The van der Waals surface area contributed by atoms with Gasteiger partial charge in [-0.05, 0) is 24.5 Å². The van der Waals surface area contributed by atoms with Gasteiger partial charge >= 0.3 is 6.03 Å². The highest BCUT2D eigenvalue weighted by Crippen LogP contribution is 2.26. The van der Waals surface area contributed by atoms with E-state index >= 15 is 0 Å². The topological polar surface area (TPSA) is 67.2 Å². The fraction of sp³-hybridized carbons (Fsp3) is 0.450. The summed E-state index contributed by atoms with van der Waals surface area (Å²) in [5.74, 6) is -2.02. The van der Waals surface area contributed by atoms with Crippen LogP contribution in [0.2, 0.25) is 0 Å². The number of carbonyl (C=O) groups excluding carboxylic acids is 2. The van der Waals surface area contributed by atoms with E-state index in [1.807, 2.05) is 27.7 Å². The van der Waals surface area contributed by atoms with Crippen LogP contribution in [0.25, 0.3) is 0 Å². The fourth-order valence-corrected chi connectivity index (χ4v) is 3.25. The molecule has 1 aliphatic rings. The van der Waals surface area contributed by atoms with Crippen molar-refractivity contribution in [2.45, 2.75) is 53.2 Å². The van der Waals surface area contributed by atoms with Crippen molar-refractivity contribution in [3.05, 3.63) is 47.3 Å². The summed E-state index contributed by atoms with van der Waals surface area (Å²) in [7, 11) is 0. The maximum absolute atomic E-state index is 13.4. The largest absolute Gasteiger partial charge is 0.322 e. The summed E-state index contributed by atoms with van der Waals surface area (Å²) in [6.45, 7) is 8.50. The van der Waals surface area contributed by atoms with Gasteiger partial charge in [-0.25, -0.2) is 13.6 Å². The van der Waals surface area contributed by atoms with E-state index in [-0.39, 0.29) is 29.5 Å². The van der Waals surface area contributed by atoms with E-state index in [0.29, 0.717) is 24.2 Å². The van der Waals surface area contributed by atoms with Crippen molar-refractivity contribution in [3.63, 3.8) is 0 Å². The van der Waals surface area contributed by atoms with Gasteiger partial charge in [-0.2, -0.15) is 5.10 Å². The first kappa shape index (κ1) is 20.0. The third-order valence-electron chi connectivity index (χ3n) is 4.66. The molecule has 1 aliphatic heterocycles. The quantitative estimate of drug-likeness (QED) is 0.798. The number of aromatic nitrogens is 2. The third-order valence-corrected chi connectivity index (χ3v) is 4.66. The number of Topliss-reactive ketones (excluding diaryl/α,β-unsaturated/α-hetero) is 1. The maximum atomic E-state index is 13.4. The van der Waals surface area contributed by atoms with Crippen LogP contribution < -0.4 is 5.32 Å². The van der Waals surface area contributed by atoms with Crippen molar-refractivity contribution in [1.82, 2.24) is 14.7 Å². The molecule has 2 aromatic rings. The third kappa shape index (κ3) is 4.21. The molecule has 1 N–H and O–H groups in total. The number of carbonyl (C=O) groups is 2. The second-order valence-electron chi connectivity index (χ2n) is 8.38. The Morgan fingerprint density at radius 1 is 1.25 bits per heavy atom. The monoisotopic (exact) mass is 390 g/mol. The lowest BCUT2D eigenvalue weighted by atomic mass is 9.88. The smallest absolute Gasteiger partial charge is 0.314 e. The van der Waals surface area contributed by atoms with Crippen molar-refractivity contribution in [2.75, 3.05) is 5.32 Å². The number of nitrogens with one attached hydrogen (secondary N) is 1. The Kier molecular flexibility index (Phi) is 5.23. The lowest BCUT2D eigenvalue weighted by molar-refractivity contribution is 0.0934. The highest BCUT2D eigenvalue weighted by atomic mass is 19.2. The number of amides is 2. The first-order valence-electron chi connectivity index (χ1n) is 9.16. The summed E-state index contributed by atoms with van der Waals surface area (Å²) >= 11 is 0. The Hall–Kier alpha value is -2.77. The molecule has 3 rings (SSSR count). The lowest BCUT2D eigenvalue weighted by Crippen LogP contribution is -2.47. The van der Waals surface area contributed by atoms with E-state index in [4.69, 9.17) is 0 Å². The molecule has 0 aliphatic carbocycles. The summed E-state index contributed by atoms with van der Waals surface area (Å²) in [5, 5.41) is 6.89. The standard InChI is InChI=1S/C20H24F2N4O2/c1-12-10-26-17(14(9-23-26)18(27)8-20(2,3)4)11-25(12)19(28)24-13-5-6-15(21)16(22)7-13/h5-7,9,12H,8,10-11H2,1-4H3,(H,24,28)/t12-/m0/s1. The molecule has 2 heterocycles. The van der Waals surface area contributed by atoms with Crippen molar-refractivity contribution in [2.24, 2.45) is 5.41 Å². The molecular formula is C20H24F2N4O2. The van der Waals surface area contributed by atoms with Gasteiger partial charge in [-0.1, -0.05) is 20.8 Å². The molecule has 0 spiro atoms. The summed E-state index contributed by atoms with van der Waals surface area (Å²) in [6, 6.07) is 2.57. The van der Waals surface area contributed by atoms with Crippen molar-refractivity contribution >= 4 is 17.5 Å². The molecule has 0 unspecified atom stereocenters. The van der Waals surface area contributed by atoms with Crippen LogP contribution >= 0.6 is 0 Å². The molecule has 0 radical (unpaired) electrons. The lowest BCUT2D eigenvalue weighted by Gasteiger charge is -2.34. The summed E-state index contributed by atoms with van der Waals surface area (Å²) in [5.41, 5.74) is 1.22. The summed E-state index contributed by atoms with van der Waals surface area (Å²) < 4.78 is 28.2. The van der Waals surface area contributed by atoms with Crippen LogP contribution in [0.3, 0.4) is 0 Å². The number of halogens is 2. The molecule has 150 valence electrons. The number of hydrogen-bond acceptors (Lipinski definition) is 3. The highest BCUT2D eigenvalue weighted by molar-refractivity contribution is 5.97. The predicted octanol–water partition coefficient (Wildman–Crippen LogP) is 4.22. The molecule has 0 fully saturated rings. The number of benzene rings is 1. The van der Waals surface area contributed by atoms with Crippen molar-refractivity contribution in [3.8, 4) is 0 Å². The molecule has 0 bridgehead atoms. The van der Waals surface area contributed by atoms with Gasteiger partial charge in [0.25, 0.3) is 0 Å². The minimum atomic E-state index is -1.03. The zero-order valence-corrected chi connectivity index (χ0v) is 16.4. The van der Waals surface area contributed by atoms with E-state index in [1.54, 1.807) is 15.8 Å². The van der Waals surface area contributed by atoms with Gasteiger partial charge in [0.1, 0.15) is 0 Å². The minimum absolute atomic E-state index is 0.00994. The predicted molar refractivity (Wildman–Crippen MR) is 101 cm³/mol. The molecule has 6 nitrogen and oxygen atoms in total. The van der Waals surface area contributed by atoms with E-state index in [1.165, 1.54) is 6.07 Å². The highest BCUT2D eigenvalue weighted by Gasteiger charge is 2.32. The molecule has 1 aromatic carbocycles. The average molecular weight is 390 g/mol. The summed E-state index contributed by atoms with van der Waals surface area (Å²) in [6.07, 6.45) is 1.94. The molecule has 28 heavy (non-hydrogen) atoms. The number of ketones is 1. The summed E-state index contributed by atoms with van der Waals surface area (Å²) in [4.78, 5) is 26.9. The molecule has 1 aromatic heterocycles. The van der Waals surface area contributed by atoms with Gasteiger partial charge < -0.3 is 10.2 Å². The Labute approximate surface area is 162 Å². The molecule has 0 saturated heterocycles. The normalized spacial score (nSPS) is 16.6. The van der Waals surface area contributed by atoms with Crippen molar-refractivity contribution < 1.29 is 18.4 Å². The second kappa shape index (κ2) is 7.33. The van der Waals surface area contributed by atoms with Crippen LogP contribution in [-0.4, -0.2) is 32.5 Å². The van der Waals surface area contributed by atoms with Crippen LogP contribution in [0, 0.1) is 17.0 Å². The number of fused-ring (bicyclic) bond motifs is 1. The minimum Gasteiger partial charge on any atom is -0.314 e. The number of rotatable bonds is 3. The van der Waals surface area contributed by atoms with Gasteiger partial charge in [0, 0.05) is 18.2 Å². The Bertz CT molecular complexity index is 917. The van der Waals surface area contributed by atoms with Gasteiger partial charge in [-0.3, -0.25) is 9.48 Å². The van der Waals surface area contributed by atoms with E-state index in [9.17, 15) is 18.4 Å². The van der Waals surface area contributed by atoms with Crippen LogP contribution in [-0.2, 0) is 13.1 Å². The Morgan fingerprint density at radius 3 is 2.61 bits per heavy atom. The molecular weight excluding hydrogens is 366 g/mol. The van der Waals surface area contributed by atoms with Crippen LogP contribution in [0.4, 0.5) is 19.3 Å². The van der Waals surface area contributed by atoms with E-state index in [0.717, 1.165) is 12.1 Å². The van der Waals surface area contributed by atoms with Crippen molar-refractivity contribution in [1.29, 1.82) is 0 Å². The second-order valence-corrected chi connectivity index (χ2v) is 8.38. The van der Waals surface area contributed by atoms with Crippen LogP contribution in [0.15, 0.2) is 24.4 Å². The number of anilines is 1. The van der Waals surface area contributed by atoms with Gasteiger partial charge in [-0.15, -0.1) is 0 Å². The Morgan fingerprint density at radius 2 is 1.96 bits per heavy atom. The van der Waals surface area contributed by atoms with Gasteiger partial charge in [0.15, 0.2) is 17.4 Å². The number of hydrogen-bond donors (Lipinski definition) is 1. The molecule has 1 atom stereocenters. The zero-order chi connectivity index (χ0) is 20.6. The van der Waals surface area contributed by atoms with Gasteiger partial charge in [0.2, 0.25) is 0 Å².